The van der Waals surface area contributed by atoms with E-state index in [1.54, 1.807) is 24.3 Å². The van der Waals surface area contributed by atoms with Crippen LogP contribution in [0.4, 0.5) is 10.8 Å². The SMILES string of the molecule is CC(C)c1ccc(Nc2nnc(S[C@H](C)C(=O)c3ccc(Cl)cc3)s2)cc1. The summed E-state index contributed by atoms with van der Waals surface area (Å²) in [7, 11) is 0. The van der Waals surface area contributed by atoms with Crippen molar-refractivity contribution < 1.29 is 4.79 Å². The Balaban J connectivity index is 1.61. The fourth-order valence-corrected chi connectivity index (χ4v) is 4.56. The van der Waals surface area contributed by atoms with Crippen LogP contribution < -0.4 is 5.32 Å². The molecule has 0 radical (unpaired) electrons. The van der Waals surface area contributed by atoms with Gasteiger partial charge in [-0.2, -0.15) is 0 Å². The molecule has 1 N–H and O–H groups in total. The second-order valence-corrected chi connectivity index (χ2v) is 9.41. The Morgan fingerprint density at radius 3 is 2.33 bits per heavy atom. The second-order valence-electron chi connectivity index (χ2n) is 6.41. The monoisotopic (exact) mass is 417 g/mol. The lowest BCUT2D eigenvalue weighted by Gasteiger charge is -2.08. The lowest BCUT2D eigenvalue weighted by atomic mass is 10.0. The molecule has 1 atom stereocenters. The molecule has 0 saturated heterocycles. The molecule has 0 bridgehead atoms. The number of nitrogens with zero attached hydrogens (tertiary/aromatic N) is 2. The van der Waals surface area contributed by atoms with Crippen LogP contribution in [-0.2, 0) is 0 Å². The van der Waals surface area contributed by atoms with Crippen LogP contribution >= 0.6 is 34.7 Å². The minimum atomic E-state index is -0.252. The smallest absolute Gasteiger partial charge is 0.210 e. The Labute approximate surface area is 172 Å². The molecular formula is C20H20ClN3OS2. The van der Waals surface area contributed by atoms with Crippen LogP contribution in [0.25, 0.3) is 0 Å². The van der Waals surface area contributed by atoms with Crippen molar-refractivity contribution in [2.45, 2.75) is 36.3 Å². The van der Waals surface area contributed by atoms with Gasteiger partial charge < -0.3 is 5.32 Å². The number of halogens is 1. The van der Waals surface area contributed by atoms with Crippen LogP contribution in [0.5, 0.6) is 0 Å². The molecule has 0 fully saturated rings. The van der Waals surface area contributed by atoms with Gasteiger partial charge in [-0.15, -0.1) is 10.2 Å². The van der Waals surface area contributed by atoms with Crippen molar-refractivity contribution in [3.05, 3.63) is 64.7 Å². The molecule has 0 aliphatic heterocycles. The maximum Gasteiger partial charge on any atom is 0.210 e. The Kier molecular flexibility index (Phi) is 6.52. The predicted molar refractivity (Wildman–Crippen MR) is 115 cm³/mol. The fraction of sp³-hybridized carbons (Fsp3) is 0.250. The lowest BCUT2D eigenvalue weighted by Crippen LogP contribution is -2.13. The second kappa shape index (κ2) is 8.87. The number of nitrogens with one attached hydrogen (secondary N) is 1. The van der Waals surface area contributed by atoms with Crippen molar-refractivity contribution in [3.63, 3.8) is 0 Å². The molecule has 0 spiro atoms. The van der Waals surface area contributed by atoms with Crippen molar-refractivity contribution in [1.82, 2.24) is 10.2 Å². The van der Waals surface area contributed by atoms with E-state index in [-0.39, 0.29) is 11.0 Å². The molecule has 27 heavy (non-hydrogen) atoms. The molecule has 0 amide bonds. The maximum absolute atomic E-state index is 12.5. The highest BCUT2D eigenvalue weighted by molar-refractivity contribution is 8.02. The molecule has 0 unspecified atom stereocenters. The number of hydrogen-bond donors (Lipinski definition) is 1. The van der Waals surface area contributed by atoms with E-state index in [0.29, 0.717) is 21.6 Å². The molecule has 3 aromatic rings. The number of benzene rings is 2. The normalized spacial score (nSPS) is 12.2. The lowest BCUT2D eigenvalue weighted by molar-refractivity contribution is 0.0994. The molecule has 7 heteroatoms. The third-order valence-electron chi connectivity index (χ3n) is 4.01. The Hall–Kier alpha value is -1.89. The summed E-state index contributed by atoms with van der Waals surface area (Å²) in [6.45, 7) is 6.22. The first kappa shape index (κ1) is 19.9. The number of carbonyl (C=O) groups excluding carboxylic acids is 1. The van der Waals surface area contributed by atoms with Crippen LogP contribution in [0.2, 0.25) is 5.02 Å². The van der Waals surface area contributed by atoms with Crippen LogP contribution in [0.1, 0.15) is 42.6 Å². The van der Waals surface area contributed by atoms with Gasteiger partial charge in [-0.05, 0) is 54.8 Å². The van der Waals surface area contributed by atoms with E-state index in [2.05, 4.69) is 41.5 Å². The first-order valence-corrected chi connectivity index (χ1v) is 10.7. The summed E-state index contributed by atoms with van der Waals surface area (Å²) in [4.78, 5) is 12.5. The van der Waals surface area contributed by atoms with Gasteiger partial charge in [0.25, 0.3) is 0 Å². The number of ketones is 1. The van der Waals surface area contributed by atoms with Crippen molar-refractivity contribution in [1.29, 1.82) is 0 Å². The average molecular weight is 418 g/mol. The molecule has 2 aromatic carbocycles. The summed E-state index contributed by atoms with van der Waals surface area (Å²) in [5.74, 6) is 0.550. The van der Waals surface area contributed by atoms with E-state index in [4.69, 9.17) is 11.6 Å². The molecule has 140 valence electrons. The highest BCUT2D eigenvalue weighted by atomic mass is 35.5. The van der Waals surface area contributed by atoms with Gasteiger partial charge >= 0.3 is 0 Å². The number of aromatic nitrogens is 2. The molecule has 0 saturated carbocycles. The van der Waals surface area contributed by atoms with Gasteiger partial charge in [0.2, 0.25) is 5.13 Å². The van der Waals surface area contributed by atoms with Gasteiger partial charge in [0.05, 0.1) is 5.25 Å². The summed E-state index contributed by atoms with van der Waals surface area (Å²) in [6, 6.07) is 15.2. The van der Waals surface area contributed by atoms with E-state index in [0.717, 1.165) is 10.0 Å². The summed E-state index contributed by atoms with van der Waals surface area (Å²) in [6.07, 6.45) is 0. The van der Waals surface area contributed by atoms with E-state index < -0.39 is 0 Å². The van der Waals surface area contributed by atoms with Crippen molar-refractivity contribution in [2.24, 2.45) is 0 Å². The van der Waals surface area contributed by atoms with Crippen molar-refractivity contribution >= 4 is 51.3 Å². The van der Waals surface area contributed by atoms with E-state index in [1.165, 1.54) is 28.7 Å². The van der Waals surface area contributed by atoms with E-state index in [9.17, 15) is 4.79 Å². The molecule has 4 nitrogen and oxygen atoms in total. The molecule has 1 aromatic heterocycles. The van der Waals surface area contributed by atoms with Crippen LogP contribution in [0, 0.1) is 0 Å². The zero-order valence-corrected chi connectivity index (χ0v) is 17.7. The van der Waals surface area contributed by atoms with Crippen LogP contribution in [0.15, 0.2) is 52.9 Å². The van der Waals surface area contributed by atoms with E-state index in [1.807, 2.05) is 19.1 Å². The first-order valence-electron chi connectivity index (χ1n) is 8.59. The minimum absolute atomic E-state index is 0.0469. The third-order valence-corrected chi connectivity index (χ3v) is 6.29. The number of anilines is 2. The Bertz CT molecular complexity index is 908. The summed E-state index contributed by atoms with van der Waals surface area (Å²) in [5, 5.41) is 12.7. The number of rotatable bonds is 7. The van der Waals surface area contributed by atoms with Gasteiger partial charge in [-0.3, -0.25) is 4.79 Å². The van der Waals surface area contributed by atoms with Gasteiger partial charge in [0, 0.05) is 16.3 Å². The van der Waals surface area contributed by atoms with Gasteiger partial charge in [-0.1, -0.05) is 60.7 Å². The quantitative estimate of drug-likeness (QED) is 0.355. The highest BCUT2D eigenvalue weighted by Crippen LogP contribution is 2.32. The number of hydrogen-bond acceptors (Lipinski definition) is 6. The topological polar surface area (TPSA) is 54.9 Å². The zero-order valence-electron chi connectivity index (χ0n) is 15.3. The van der Waals surface area contributed by atoms with Crippen LogP contribution in [-0.4, -0.2) is 21.2 Å². The maximum atomic E-state index is 12.5. The molecule has 0 aliphatic rings. The summed E-state index contributed by atoms with van der Waals surface area (Å²) >= 11 is 8.73. The largest absolute Gasteiger partial charge is 0.330 e. The number of thioether (sulfide) groups is 1. The van der Waals surface area contributed by atoms with E-state index >= 15 is 0 Å². The fourth-order valence-electron chi connectivity index (χ4n) is 2.44. The molecule has 0 aliphatic carbocycles. The summed E-state index contributed by atoms with van der Waals surface area (Å²) in [5.41, 5.74) is 2.91. The molecule has 3 rings (SSSR count). The van der Waals surface area contributed by atoms with Crippen LogP contribution in [0.3, 0.4) is 0 Å². The van der Waals surface area contributed by atoms with Gasteiger partial charge in [-0.25, -0.2) is 0 Å². The molecular weight excluding hydrogens is 398 g/mol. The number of Topliss-reactive ketones (excluding diaryl/α,β-unsaturated/α-hetero) is 1. The standard InChI is InChI=1S/C20H20ClN3OS2/c1-12(2)14-6-10-17(11-7-14)22-19-23-24-20(27-19)26-13(3)18(25)15-4-8-16(21)9-5-15/h4-13H,1-3H3,(H,22,23)/t13-/m1/s1. The van der Waals surface area contributed by atoms with Gasteiger partial charge in [0.1, 0.15) is 0 Å². The molecule has 1 heterocycles. The average Bonchev–Trinajstić information content (AvgIpc) is 3.09. The summed E-state index contributed by atoms with van der Waals surface area (Å²) < 4.78 is 0.756. The number of carbonyl (C=O) groups is 1. The van der Waals surface area contributed by atoms with Crippen molar-refractivity contribution in [3.8, 4) is 0 Å². The third kappa shape index (κ3) is 5.31. The van der Waals surface area contributed by atoms with Crippen molar-refractivity contribution in [2.75, 3.05) is 5.32 Å². The highest BCUT2D eigenvalue weighted by Gasteiger charge is 2.19. The Morgan fingerprint density at radius 1 is 1.04 bits per heavy atom. The Morgan fingerprint density at radius 2 is 1.70 bits per heavy atom. The minimum Gasteiger partial charge on any atom is -0.330 e. The zero-order chi connectivity index (χ0) is 19.4. The van der Waals surface area contributed by atoms with Gasteiger partial charge in [0.15, 0.2) is 10.1 Å². The first-order chi connectivity index (χ1) is 12.9. The predicted octanol–water partition coefficient (Wildman–Crippen LogP) is 6.42.